The topological polar surface area (TPSA) is 47.9 Å². The van der Waals surface area contributed by atoms with Crippen LogP contribution in [0.25, 0.3) is 0 Å². The Morgan fingerprint density at radius 1 is 1.04 bits per heavy atom. The molecule has 0 bridgehead atoms. The fraction of sp³-hybridized carbons (Fsp3) is 0.778. The molecule has 1 fully saturated rings. The molecule has 1 saturated heterocycles. The lowest BCUT2D eigenvalue weighted by molar-refractivity contribution is -0.0897. The van der Waals surface area contributed by atoms with Gasteiger partial charge in [-0.2, -0.15) is 0 Å². The molecule has 0 atom stereocenters. The SMILES string of the molecule is CC(C)(O)C(C)(C)OBC1=CC=C(B2OC(C)(C)C(C)(C)O2)CC1. The molecule has 1 aliphatic heterocycles. The van der Waals surface area contributed by atoms with E-state index in [4.69, 9.17) is 14.0 Å². The second-order valence-corrected chi connectivity index (χ2v) is 9.01. The van der Waals surface area contributed by atoms with Gasteiger partial charge >= 0.3 is 14.6 Å². The van der Waals surface area contributed by atoms with Gasteiger partial charge in [-0.1, -0.05) is 17.6 Å². The highest BCUT2D eigenvalue weighted by molar-refractivity contribution is 6.54. The summed E-state index contributed by atoms with van der Waals surface area (Å²) in [4.78, 5) is 0. The van der Waals surface area contributed by atoms with Crippen molar-refractivity contribution in [2.24, 2.45) is 0 Å². The Morgan fingerprint density at radius 3 is 2.00 bits per heavy atom. The number of hydrogen-bond donors (Lipinski definition) is 1. The Kier molecular flexibility index (Phi) is 5.20. The van der Waals surface area contributed by atoms with Crippen LogP contribution in [0.15, 0.2) is 23.1 Å². The van der Waals surface area contributed by atoms with Gasteiger partial charge < -0.3 is 19.1 Å². The molecule has 6 heteroatoms. The largest absolute Gasteiger partial charge is 0.490 e. The van der Waals surface area contributed by atoms with Crippen molar-refractivity contribution < 1.29 is 19.1 Å². The molecule has 24 heavy (non-hydrogen) atoms. The summed E-state index contributed by atoms with van der Waals surface area (Å²) >= 11 is 0. The molecule has 0 aromatic rings. The summed E-state index contributed by atoms with van der Waals surface area (Å²) in [6, 6.07) is 0. The van der Waals surface area contributed by atoms with E-state index in [0.717, 1.165) is 12.8 Å². The Labute approximate surface area is 148 Å². The molecule has 0 spiro atoms. The first-order chi connectivity index (χ1) is 10.8. The summed E-state index contributed by atoms with van der Waals surface area (Å²) in [5.41, 5.74) is 0.326. The molecule has 1 aliphatic carbocycles. The molecule has 1 heterocycles. The first kappa shape index (κ1) is 19.8. The highest BCUT2D eigenvalue weighted by Gasteiger charge is 2.52. The van der Waals surface area contributed by atoms with Crippen molar-refractivity contribution in [3.05, 3.63) is 23.1 Å². The molecule has 0 amide bonds. The van der Waals surface area contributed by atoms with Gasteiger partial charge in [-0.15, -0.1) is 0 Å². The molecule has 0 aromatic heterocycles. The van der Waals surface area contributed by atoms with E-state index >= 15 is 0 Å². The van der Waals surface area contributed by atoms with E-state index in [-0.39, 0.29) is 18.3 Å². The molecule has 2 rings (SSSR count). The Balaban J connectivity index is 1.98. The summed E-state index contributed by atoms with van der Waals surface area (Å²) in [7, 11) is 0.269. The number of rotatable bonds is 5. The van der Waals surface area contributed by atoms with E-state index in [1.54, 1.807) is 13.8 Å². The fourth-order valence-corrected chi connectivity index (χ4v) is 2.46. The minimum atomic E-state index is -0.883. The summed E-state index contributed by atoms with van der Waals surface area (Å²) < 4.78 is 18.2. The molecule has 0 aromatic carbocycles. The molecule has 1 N–H and O–H groups in total. The van der Waals surface area contributed by atoms with E-state index in [0.29, 0.717) is 7.48 Å². The van der Waals surface area contributed by atoms with Crippen molar-refractivity contribution >= 4 is 14.6 Å². The quantitative estimate of drug-likeness (QED) is 0.785. The maximum atomic E-state index is 10.2. The predicted octanol–water partition coefficient (Wildman–Crippen LogP) is 3.14. The maximum Gasteiger partial charge on any atom is 0.490 e. The summed E-state index contributed by atoms with van der Waals surface area (Å²) in [5.74, 6) is 0. The van der Waals surface area contributed by atoms with Gasteiger partial charge in [0, 0.05) is 0 Å². The molecule has 4 nitrogen and oxygen atoms in total. The van der Waals surface area contributed by atoms with E-state index in [1.807, 2.05) is 13.8 Å². The Hall–Kier alpha value is -0.550. The molecule has 0 unspecified atom stereocenters. The number of allylic oxidation sites excluding steroid dienone is 4. The van der Waals surface area contributed by atoms with Crippen LogP contribution >= 0.6 is 0 Å². The highest BCUT2D eigenvalue weighted by Crippen LogP contribution is 2.40. The van der Waals surface area contributed by atoms with Crippen LogP contribution in [0.4, 0.5) is 0 Å². The first-order valence-electron chi connectivity index (χ1n) is 8.86. The Morgan fingerprint density at radius 2 is 1.58 bits per heavy atom. The van der Waals surface area contributed by atoms with Crippen LogP contribution in [-0.2, 0) is 14.0 Å². The van der Waals surface area contributed by atoms with Crippen molar-refractivity contribution in [1.82, 2.24) is 0 Å². The van der Waals surface area contributed by atoms with E-state index in [9.17, 15) is 5.11 Å². The van der Waals surface area contributed by atoms with Crippen LogP contribution in [0.3, 0.4) is 0 Å². The third kappa shape index (κ3) is 3.98. The van der Waals surface area contributed by atoms with Gasteiger partial charge in [0.15, 0.2) is 0 Å². The molecule has 0 saturated carbocycles. The summed E-state index contributed by atoms with van der Waals surface area (Å²) in [6.07, 6.45) is 6.04. The van der Waals surface area contributed by atoms with Crippen LogP contribution in [-0.4, -0.2) is 42.1 Å². The minimum Gasteiger partial charge on any atom is -0.427 e. The van der Waals surface area contributed by atoms with Crippen molar-refractivity contribution in [2.75, 3.05) is 0 Å². The smallest absolute Gasteiger partial charge is 0.427 e. The molecule has 0 radical (unpaired) electrons. The van der Waals surface area contributed by atoms with Crippen molar-refractivity contribution in [3.8, 4) is 0 Å². The highest BCUT2D eigenvalue weighted by atomic mass is 16.7. The molecule has 134 valence electrons. The standard InChI is InChI=1S/C18H32B2O4/c1-15(2,21)16(3,4)22-19-13-9-11-14(12-10-13)20-23-17(5,6)18(7,8)24-20/h9,11,19,21H,10,12H2,1-8H3. The average Bonchev–Trinajstić information content (AvgIpc) is 2.65. The zero-order valence-electron chi connectivity index (χ0n) is 16.5. The van der Waals surface area contributed by atoms with Gasteiger partial charge in [-0.25, -0.2) is 0 Å². The zero-order valence-corrected chi connectivity index (χ0v) is 16.5. The van der Waals surface area contributed by atoms with Gasteiger partial charge in [-0.05, 0) is 73.7 Å². The van der Waals surface area contributed by atoms with Crippen LogP contribution in [0.2, 0.25) is 0 Å². The van der Waals surface area contributed by atoms with Gasteiger partial charge in [0.1, 0.15) is 0 Å². The van der Waals surface area contributed by atoms with Crippen molar-refractivity contribution in [1.29, 1.82) is 0 Å². The van der Waals surface area contributed by atoms with Gasteiger partial charge in [-0.3, -0.25) is 0 Å². The second kappa shape index (κ2) is 6.31. The first-order valence-corrected chi connectivity index (χ1v) is 8.86. The van der Waals surface area contributed by atoms with Gasteiger partial charge in [0.2, 0.25) is 0 Å². The van der Waals surface area contributed by atoms with Crippen LogP contribution in [0.1, 0.15) is 68.2 Å². The molecular weight excluding hydrogens is 302 g/mol. The fourth-order valence-electron chi connectivity index (χ4n) is 2.46. The van der Waals surface area contributed by atoms with E-state index < -0.39 is 11.2 Å². The van der Waals surface area contributed by atoms with Gasteiger partial charge in [0.05, 0.1) is 22.4 Å². The minimum absolute atomic E-state index is 0.262. The molecular formula is C18H32B2O4. The third-order valence-electron chi connectivity index (χ3n) is 5.92. The maximum absolute atomic E-state index is 10.2. The zero-order chi connectivity index (χ0) is 18.4. The summed E-state index contributed by atoms with van der Waals surface area (Å²) in [5, 5.41) is 10.2. The second-order valence-electron chi connectivity index (χ2n) is 9.01. The predicted molar refractivity (Wildman–Crippen MR) is 100 cm³/mol. The van der Waals surface area contributed by atoms with Gasteiger partial charge in [0.25, 0.3) is 0 Å². The summed E-state index contributed by atoms with van der Waals surface area (Å²) in [6.45, 7) is 15.7. The van der Waals surface area contributed by atoms with Crippen LogP contribution < -0.4 is 0 Å². The van der Waals surface area contributed by atoms with Crippen molar-refractivity contribution in [3.63, 3.8) is 0 Å². The lowest BCUT2D eigenvalue weighted by Gasteiger charge is -2.38. The lowest BCUT2D eigenvalue weighted by atomic mass is 9.69. The Bertz CT molecular complexity index is 526. The van der Waals surface area contributed by atoms with Crippen LogP contribution in [0, 0.1) is 0 Å². The lowest BCUT2D eigenvalue weighted by Crippen LogP contribution is -2.48. The molecule has 2 aliphatic rings. The third-order valence-corrected chi connectivity index (χ3v) is 5.92. The van der Waals surface area contributed by atoms with Crippen LogP contribution in [0.5, 0.6) is 0 Å². The van der Waals surface area contributed by atoms with E-state index in [2.05, 4.69) is 39.8 Å². The normalized spacial score (nSPS) is 23.8. The number of hydrogen-bond acceptors (Lipinski definition) is 4. The van der Waals surface area contributed by atoms with E-state index in [1.165, 1.54) is 10.9 Å². The van der Waals surface area contributed by atoms with Crippen molar-refractivity contribution in [2.45, 2.75) is 90.6 Å². The number of aliphatic hydroxyl groups is 1. The average molecular weight is 334 g/mol. The monoisotopic (exact) mass is 334 g/mol.